The minimum atomic E-state index is -0.739. The maximum absolute atomic E-state index is 11.6. The molecule has 5 nitrogen and oxygen atoms in total. The maximum Gasteiger partial charge on any atom is 0.313 e. The monoisotopic (exact) mass is 250 g/mol. The largest absolute Gasteiger partial charge is 0.394 e. The standard InChI is InChI=1S/C13H18N2O3/c1-3-10(8-16)14-12(17)13(18)15-11-6-4-5-9(2)7-11/h4-7,10,16H,3,8H2,1-2H3,(H,14,17)(H,15,18)/t10-/m1/s1. The number of aliphatic hydroxyl groups is 1. The lowest BCUT2D eigenvalue weighted by molar-refractivity contribution is -0.136. The molecule has 0 aromatic heterocycles. The van der Waals surface area contributed by atoms with Crippen molar-refractivity contribution in [2.24, 2.45) is 0 Å². The van der Waals surface area contributed by atoms with Gasteiger partial charge in [0.2, 0.25) is 0 Å². The molecule has 3 N–H and O–H groups in total. The summed E-state index contributed by atoms with van der Waals surface area (Å²) in [6, 6.07) is 6.79. The second kappa shape index (κ2) is 6.76. The van der Waals surface area contributed by atoms with Crippen molar-refractivity contribution in [3.63, 3.8) is 0 Å². The molecule has 1 rings (SSSR count). The van der Waals surface area contributed by atoms with Crippen LogP contribution in [-0.4, -0.2) is 29.6 Å². The van der Waals surface area contributed by atoms with Crippen LogP contribution < -0.4 is 10.6 Å². The molecular formula is C13H18N2O3. The van der Waals surface area contributed by atoms with Crippen LogP contribution in [0.25, 0.3) is 0 Å². The van der Waals surface area contributed by atoms with E-state index in [9.17, 15) is 9.59 Å². The highest BCUT2D eigenvalue weighted by Crippen LogP contribution is 2.09. The highest BCUT2D eigenvalue weighted by atomic mass is 16.3. The van der Waals surface area contributed by atoms with Crippen LogP contribution in [0.2, 0.25) is 0 Å². The van der Waals surface area contributed by atoms with Gasteiger partial charge < -0.3 is 15.7 Å². The molecule has 0 aliphatic carbocycles. The quantitative estimate of drug-likeness (QED) is 0.692. The summed E-state index contributed by atoms with van der Waals surface area (Å²) in [4.78, 5) is 23.1. The molecule has 0 radical (unpaired) electrons. The molecule has 98 valence electrons. The molecule has 0 bridgehead atoms. The van der Waals surface area contributed by atoms with E-state index in [1.165, 1.54) is 0 Å². The number of aliphatic hydroxyl groups excluding tert-OH is 1. The van der Waals surface area contributed by atoms with E-state index in [1.807, 2.05) is 19.9 Å². The average molecular weight is 250 g/mol. The van der Waals surface area contributed by atoms with Crippen molar-refractivity contribution >= 4 is 17.5 Å². The first-order chi connectivity index (χ1) is 8.56. The zero-order chi connectivity index (χ0) is 13.5. The van der Waals surface area contributed by atoms with Crippen LogP contribution >= 0.6 is 0 Å². The molecule has 5 heteroatoms. The van der Waals surface area contributed by atoms with Crippen LogP contribution in [0.3, 0.4) is 0 Å². The SMILES string of the molecule is CC[C@H](CO)NC(=O)C(=O)Nc1cccc(C)c1. The summed E-state index contributed by atoms with van der Waals surface area (Å²) in [6.07, 6.45) is 0.569. The second-order valence-electron chi connectivity index (χ2n) is 4.08. The number of benzene rings is 1. The topological polar surface area (TPSA) is 78.4 Å². The zero-order valence-electron chi connectivity index (χ0n) is 10.6. The number of carbonyl (C=O) groups excluding carboxylic acids is 2. The minimum Gasteiger partial charge on any atom is -0.394 e. The summed E-state index contributed by atoms with van der Waals surface area (Å²) in [6.45, 7) is 3.54. The third kappa shape index (κ3) is 4.18. The Balaban J connectivity index is 2.57. The molecule has 0 fully saturated rings. The smallest absolute Gasteiger partial charge is 0.313 e. The van der Waals surface area contributed by atoms with Gasteiger partial charge >= 0.3 is 11.8 Å². The van der Waals surface area contributed by atoms with Gasteiger partial charge in [-0.1, -0.05) is 19.1 Å². The highest BCUT2D eigenvalue weighted by Gasteiger charge is 2.17. The Kier molecular flexibility index (Phi) is 5.32. The van der Waals surface area contributed by atoms with Gasteiger partial charge in [-0.3, -0.25) is 9.59 Å². The van der Waals surface area contributed by atoms with E-state index in [0.717, 1.165) is 5.56 Å². The predicted octanol–water partition coefficient (Wildman–Crippen LogP) is 0.821. The van der Waals surface area contributed by atoms with Gasteiger partial charge in [0.05, 0.1) is 12.6 Å². The Morgan fingerprint density at radius 3 is 2.61 bits per heavy atom. The Morgan fingerprint density at radius 1 is 1.33 bits per heavy atom. The normalized spacial score (nSPS) is 11.7. The van der Waals surface area contributed by atoms with Gasteiger partial charge in [0.25, 0.3) is 0 Å². The van der Waals surface area contributed by atoms with Crippen molar-refractivity contribution in [2.45, 2.75) is 26.3 Å². The van der Waals surface area contributed by atoms with Crippen LogP contribution in [0, 0.1) is 6.92 Å². The first-order valence-electron chi connectivity index (χ1n) is 5.86. The Morgan fingerprint density at radius 2 is 2.06 bits per heavy atom. The van der Waals surface area contributed by atoms with Gasteiger partial charge in [0, 0.05) is 5.69 Å². The Hall–Kier alpha value is -1.88. The Labute approximate surface area is 106 Å². The van der Waals surface area contributed by atoms with Crippen molar-refractivity contribution in [3.05, 3.63) is 29.8 Å². The summed E-state index contributed by atoms with van der Waals surface area (Å²) in [5.74, 6) is -1.47. The molecular weight excluding hydrogens is 232 g/mol. The van der Waals surface area contributed by atoms with Crippen LogP contribution in [0.4, 0.5) is 5.69 Å². The van der Waals surface area contributed by atoms with Crippen LogP contribution in [0.15, 0.2) is 24.3 Å². The van der Waals surface area contributed by atoms with E-state index in [4.69, 9.17) is 5.11 Å². The predicted molar refractivity (Wildman–Crippen MR) is 69.1 cm³/mol. The first-order valence-corrected chi connectivity index (χ1v) is 5.86. The Bertz CT molecular complexity index is 428. The number of aryl methyl sites for hydroxylation is 1. The van der Waals surface area contributed by atoms with Crippen LogP contribution in [0.1, 0.15) is 18.9 Å². The van der Waals surface area contributed by atoms with Gasteiger partial charge in [-0.2, -0.15) is 0 Å². The molecule has 1 atom stereocenters. The van der Waals surface area contributed by atoms with Crippen LogP contribution in [-0.2, 0) is 9.59 Å². The van der Waals surface area contributed by atoms with Gasteiger partial charge in [0.1, 0.15) is 0 Å². The molecule has 0 saturated heterocycles. The highest BCUT2D eigenvalue weighted by molar-refractivity contribution is 6.39. The summed E-state index contributed by atoms with van der Waals surface area (Å²) >= 11 is 0. The fourth-order valence-corrected chi connectivity index (χ4v) is 1.44. The zero-order valence-corrected chi connectivity index (χ0v) is 10.6. The van der Waals surface area contributed by atoms with E-state index in [1.54, 1.807) is 18.2 Å². The van der Waals surface area contributed by atoms with E-state index in [-0.39, 0.29) is 12.6 Å². The molecule has 0 spiro atoms. The molecule has 0 saturated carbocycles. The molecule has 1 aromatic carbocycles. The fourth-order valence-electron chi connectivity index (χ4n) is 1.44. The van der Waals surface area contributed by atoms with E-state index < -0.39 is 11.8 Å². The number of rotatable bonds is 4. The molecule has 1 aromatic rings. The summed E-state index contributed by atoms with van der Waals surface area (Å²) in [7, 11) is 0. The number of hydrogen-bond donors (Lipinski definition) is 3. The fraction of sp³-hybridized carbons (Fsp3) is 0.385. The van der Waals surface area contributed by atoms with Crippen molar-refractivity contribution in [2.75, 3.05) is 11.9 Å². The number of amides is 2. The van der Waals surface area contributed by atoms with Crippen molar-refractivity contribution in [1.82, 2.24) is 5.32 Å². The summed E-state index contributed by atoms with van der Waals surface area (Å²) < 4.78 is 0. The molecule has 0 aliphatic heterocycles. The maximum atomic E-state index is 11.6. The number of carbonyl (C=O) groups is 2. The van der Waals surface area contributed by atoms with E-state index in [2.05, 4.69) is 10.6 Å². The lowest BCUT2D eigenvalue weighted by Crippen LogP contribution is -2.43. The van der Waals surface area contributed by atoms with Crippen molar-refractivity contribution < 1.29 is 14.7 Å². The summed E-state index contributed by atoms with van der Waals surface area (Å²) in [5.41, 5.74) is 1.57. The van der Waals surface area contributed by atoms with Crippen molar-refractivity contribution in [1.29, 1.82) is 0 Å². The lowest BCUT2D eigenvalue weighted by atomic mass is 10.2. The van der Waals surface area contributed by atoms with E-state index >= 15 is 0 Å². The third-order valence-electron chi connectivity index (χ3n) is 2.53. The number of nitrogens with one attached hydrogen (secondary N) is 2. The van der Waals surface area contributed by atoms with Crippen LogP contribution in [0.5, 0.6) is 0 Å². The molecule has 2 amide bonds. The van der Waals surface area contributed by atoms with Gasteiger partial charge in [-0.25, -0.2) is 0 Å². The lowest BCUT2D eigenvalue weighted by Gasteiger charge is -2.13. The van der Waals surface area contributed by atoms with Crippen molar-refractivity contribution in [3.8, 4) is 0 Å². The second-order valence-corrected chi connectivity index (χ2v) is 4.08. The number of anilines is 1. The van der Waals surface area contributed by atoms with Gasteiger partial charge in [-0.15, -0.1) is 0 Å². The molecule has 0 unspecified atom stereocenters. The molecule has 18 heavy (non-hydrogen) atoms. The first kappa shape index (κ1) is 14.2. The minimum absolute atomic E-state index is 0.181. The van der Waals surface area contributed by atoms with Gasteiger partial charge in [-0.05, 0) is 31.0 Å². The van der Waals surface area contributed by atoms with E-state index in [0.29, 0.717) is 12.1 Å². The molecule has 0 aliphatic rings. The summed E-state index contributed by atoms with van der Waals surface area (Å²) in [5, 5.41) is 13.9. The van der Waals surface area contributed by atoms with Gasteiger partial charge in [0.15, 0.2) is 0 Å². The average Bonchev–Trinajstić information content (AvgIpc) is 2.35. The third-order valence-corrected chi connectivity index (χ3v) is 2.53. The molecule has 0 heterocycles. The number of hydrogen-bond acceptors (Lipinski definition) is 3.